The van der Waals surface area contributed by atoms with Crippen LogP contribution in [0.2, 0.25) is 0 Å². The average Bonchev–Trinajstić information content (AvgIpc) is 3.09. The number of amides is 1. The number of rotatable bonds is 6. The smallest absolute Gasteiger partial charge is 0.273 e. The molecule has 4 rings (SSSR count). The van der Waals surface area contributed by atoms with Gasteiger partial charge in [-0.15, -0.1) is 0 Å². The monoisotopic (exact) mass is 409 g/mol. The third-order valence-electron chi connectivity index (χ3n) is 5.02. The third kappa shape index (κ3) is 3.80. The molecule has 0 radical (unpaired) electrons. The summed E-state index contributed by atoms with van der Waals surface area (Å²) in [6.07, 6.45) is 0.882. The number of H-pyrrole nitrogens is 1. The predicted molar refractivity (Wildman–Crippen MR) is 113 cm³/mol. The molecule has 1 aliphatic rings. The molecule has 1 aromatic heterocycles. The third-order valence-corrected chi connectivity index (χ3v) is 5.02. The molecular formula is C22H23N3O5. The lowest BCUT2D eigenvalue weighted by Gasteiger charge is -2.14. The minimum Gasteiger partial charge on any atom is -0.492 e. The summed E-state index contributed by atoms with van der Waals surface area (Å²) in [5.74, 6) is 1.01. The van der Waals surface area contributed by atoms with E-state index in [1.807, 2.05) is 19.9 Å². The van der Waals surface area contributed by atoms with Gasteiger partial charge in [0, 0.05) is 24.5 Å². The van der Waals surface area contributed by atoms with Gasteiger partial charge in [0.1, 0.15) is 17.6 Å². The molecule has 0 unspecified atom stereocenters. The first kappa shape index (κ1) is 19.8. The highest BCUT2D eigenvalue weighted by molar-refractivity contribution is 5.92. The second kappa shape index (κ2) is 8.06. The number of fused-ring (bicyclic) bond motifs is 2. The van der Waals surface area contributed by atoms with Gasteiger partial charge in [-0.25, -0.2) is 4.68 Å². The lowest BCUT2D eigenvalue weighted by Crippen LogP contribution is -2.31. The molecule has 2 aromatic carbocycles. The Morgan fingerprint density at radius 1 is 1.27 bits per heavy atom. The van der Waals surface area contributed by atoms with Crippen molar-refractivity contribution in [2.75, 3.05) is 11.9 Å². The van der Waals surface area contributed by atoms with Crippen LogP contribution >= 0.6 is 0 Å². The number of nitrogens with zero attached hydrogens (tertiary/aromatic N) is 1. The van der Waals surface area contributed by atoms with Gasteiger partial charge >= 0.3 is 0 Å². The number of hydrogen-bond donors (Lipinski definition) is 2. The minimum absolute atomic E-state index is 0.00803. The maximum Gasteiger partial charge on any atom is 0.273 e. The summed E-state index contributed by atoms with van der Waals surface area (Å²) in [6.45, 7) is 4.38. The Morgan fingerprint density at radius 3 is 2.80 bits per heavy atom. The maximum absolute atomic E-state index is 12.6. The van der Waals surface area contributed by atoms with E-state index in [-0.39, 0.29) is 36.1 Å². The lowest BCUT2D eigenvalue weighted by atomic mass is 10.1. The number of ether oxygens (including phenoxy) is 2. The molecule has 0 fully saturated rings. The van der Waals surface area contributed by atoms with Crippen LogP contribution in [0.3, 0.4) is 0 Å². The molecule has 156 valence electrons. The molecule has 8 nitrogen and oxygen atoms in total. The normalized spacial score (nSPS) is 14.9. The van der Waals surface area contributed by atoms with Gasteiger partial charge in [-0.1, -0.05) is 12.1 Å². The van der Waals surface area contributed by atoms with E-state index >= 15 is 0 Å². The Balaban J connectivity index is 1.52. The van der Waals surface area contributed by atoms with Crippen molar-refractivity contribution in [3.8, 4) is 11.5 Å². The number of carbonyl (C=O) groups is 1. The summed E-state index contributed by atoms with van der Waals surface area (Å²) in [5, 5.41) is 6.02. The van der Waals surface area contributed by atoms with Crippen molar-refractivity contribution in [2.24, 2.45) is 0 Å². The molecule has 2 N–H and O–H groups in total. The van der Waals surface area contributed by atoms with Crippen molar-refractivity contribution >= 4 is 22.4 Å². The van der Waals surface area contributed by atoms with Gasteiger partial charge in [-0.05, 0) is 32.0 Å². The minimum atomic E-state index is -0.367. The molecule has 3 aromatic rings. The van der Waals surface area contributed by atoms with Gasteiger partial charge in [0.05, 0.1) is 29.6 Å². The molecule has 1 atom stereocenters. The number of carbonyl (C=O) groups excluding carboxylic acids is 1. The zero-order valence-electron chi connectivity index (χ0n) is 16.9. The van der Waals surface area contributed by atoms with Crippen LogP contribution in [0.15, 0.2) is 46.0 Å². The lowest BCUT2D eigenvalue weighted by molar-refractivity contribution is -0.116. The topological polar surface area (TPSA) is 102 Å². The summed E-state index contributed by atoms with van der Waals surface area (Å²) in [6, 6.07) is 10.3. The molecule has 30 heavy (non-hydrogen) atoms. The Morgan fingerprint density at radius 2 is 2.03 bits per heavy atom. The largest absolute Gasteiger partial charge is 0.492 e. The van der Waals surface area contributed by atoms with E-state index in [0.717, 1.165) is 17.7 Å². The maximum atomic E-state index is 12.6. The second-order valence-corrected chi connectivity index (χ2v) is 7.26. The van der Waals surface area contributed by atoms with Crippen LogP contribution in [0.25, 0.3) is 10.8 Å². The summed E-state index contributed by atoms with van der Waals surface area (Å²) in [7, 11) is 0. The van der Waals surface area contributed by atoms with Crippen LogP contribution in [0.5, 0.6) is 11.5 Å². The van der Waals surface area contributed by atoms with E-state index in [1.54, 1.807) is 30.3 Å². The summed E-state index contributed by atoms with van der Waals surface area (Å²) in [4.78, 5) is 37.3. The quantitative estimate of drug-likeness (QED) is 0.651. The molecule has 0 saturated heterocycles. The highest BCUT2D eigenvalue weighted by Gasteiger charge is 2.22. The first-order chi connectivity index (χ1) is 14.5. The first-order valence-electron chi connectivity index (χ1n) is 9.94. The Labute approximate surface area is 172 Å². The number of anilines is 1. The van der Waals surface area contributed by atoms with Crippen LogP contribution < -0.4 is 25.9 Å². The highest BCUT2D eigenvalue weighted by Crippen LogP contribution is 2.38. The summed E-state index contributed by atoms with van der Waals surface area (Å²) in [5.41, 5.74) is 0.861. The van der Waals surface area contributed by atoms with Gasteiger partial charge in [0.15, 0.2) is 0 Å². The van der Waals surface area contributed by atoms with Gasteiger partial charge in [0.25, 0.3) is 11.1 Å². The van der Waals surface area contributed by atoms with Crippen LogP contribution in [-0.4, -0.2) is 28.4 Å². The molecular weight excluding hydrogens is 386 g/mol. The fraction of sp³-hybridized carbons (Fsp3) is 0.318. The number of hydrogen-bond acceptors (Lipinski definition) is 5. The van der Waals surface area contributed by atoms with E-state index in [9.17, 15) is 14.4 Å². The fourth-order valence-corrected chi connectivity index (χ4v) is 3.64. The van der Waals surface area contributed by atoms with E-state index < -0.39 is 0 Å². The van der Waals surface area contributed by atoms with Crippen molar-refractivity contribution in [1.29, 1.82) is 0 Å². The second-order valence-electron chi connectivity index (χ2n) is 7.26. The molecule has 0 aliphatic carbocycles. The van der Waals surface area contributed by atoms with Crippen molar-refractivity contribution in [2.45, 2.75) is 39.3 Å². The molecule has 0 saturated carbocycles. The molecule has 0 bridgehead atoms. The number of aromatic amines is 1. The first-order valence-corrected chi connectivity index (χ1v) is 9.94. The average molecular weight is 409 g/mol. The predicted octanol–water partition coefficient (Wildman–Crippen LogP) is 2.44. The van der Waals surface area contributed by atoms with Crippen molar-refractivity contribution in [3.63, 3.8) is 0 Å². The van der Waals surface area contributed by atoms with Crippen molar-refractivity contribution in [3.05, 3.63) is 62.7 Å². The molecule has 0 spiro atoms. The zero-order valence-corrected chi connectivity index (χ0v) is 16.9. The fourth-order valence-electron chi connectivity index (χ4n) is 3.64. The van der Waals surface area contributed by atoms with Gasteiger partial charge in [-0.3, -0.25) is 19.5 Å². The zero-order chi connectivity index (χ0) is 21.3. The Hall–Kier alpha value is -3.55. The molecule has 8 heteroatoms. The van der Waals surface area contributed by atoms with Crippen LogP contribution in [0.1, 0.15) is 25.8 Å². The van der Waals surface area contributed by atoms with E-state index in [1.165, 1.54) is 4.68 Å². The van der Waals surface area contributed by atoms with Gasteiger partial charge < -0.3 is 14.8 Å². The standard InChI is InChI=1S/C22H23N3O5/c1-3-29-19-11-14-10-13(2)30-18(14)12-17(19)23-20(26)8-9-25-22(28)16-7-5-4-6-15(16)21(27)24-25/h4-7,11-13H,3,8-10H2,1-2H3,(H,23,26)(H,24,27)/t13-/m1/s1. The van der Waals surface area contributed by atoms with E-state index in [2.05, 4.69) is 10.4 Å². The Kier molecular flexibility index (Phi) is 5.31. The molecule has 1 amide bonds. The van der Waals surface area contributed by atoms with Crippen LogP contribution in [-0.2, 0) is 17.8 Å². The van der Waals surface area contributed by atoms with Crippen LogP contribution in [0, 0.1) is 0 Å². The van der Waals surface area contributed by atoms with Gasteiger partial charge in [0.2, 0.25) is 5.91 Å². The summed E-state index contributed by atoms with van der Waals surface area (Å²) >= 11 is 0. The SMILES string of the molecule is CCOc1cc2c(cc1NC(=O)CCn1[nH]c(=O)c3ccccc3c1=O)O[C@H](C)C2. The van der Waals surface area contributed by atoms with E-state index in [0.29, 0.717) is 28.8 Å². The molecule has 1 aliphatic heterocycles. The van der Waals surface area contributed by atoms with Crippen molar-refractivity contribution < 1.29 is 14.3 Å². The Bertz CT molecular complexity index is 1230. The highest BCUT2D eigenvalue weighted by atomic mass is 16.5. The van der Waals surface area contributed by atoms with Crippen molar-refractivity contribution in [1.82, 2.24) is 9.78 Å². The van der Waals surface area contributed by atoms with Gasteiger partial charge in [-0.2, -0.15) is 0 Å². The summed E-state index contributed by atoms with van der Waals surface area (Å²) < 4.78 is 12.6. The number of aryl methyl sites for hydroxylation is 1. The van der Waals surface area contributed by atoms with E-state index in [4.69, 9.17) is 9.47 Å². The number of benzene rings is 2. The number of nitrogens with one attached hydrogen (secondary N) is 2. The number of aromatic nitrogens is 2. The van der Waals surface area contributed by atoms with Crippen LogP contribution in [0.4, 0.5) is 5.69 Å². The molecule has 2 heterocycles.